The van der Waals surface area contributed by atoms with Gasteiger partial charge in [0.25, 0.3) is 5.91 Å². The highest BCUT2D eigenvalue weighted by atomic mass is 32.2. The van der Waals surface area contributed by atoms with Gasteiger partial charge >= 0.3 is 12.1 Å². The molecule has 1 N–H and O–H groups in total. The molecule has 0 atom stereocenters. The van der Waals surface area contributed by atoms with Gasteiger partial charge in [-0.1, -0.05) is 6.92 Å². The molecule has 24 heavy (non-hydrogen) atoms. The largest absolute Gasteiger partial charge is 0.452 e. The van der Waals surface area contributed by atoms with E-state index in [1.165, 1.54) is 24.3 Å². The maximum atomic E-state index is 11.9. The fourth-order valence-electron chi connectivity index (χ4n) is 1.95. The van der Waals surface area contributed by atoms with E-state index in [4.69, 9.17) is 4.74 Å². The van der Waals surface area contributed by atoms with Crippen LogP contribution >= 0.6 is 0 Å². The van der Waals surface area contributed by atoms with Gasteiger partial charge in [0.15, 0.2) is 6.61 Å². The lowest BCUT2D eigenvalue weighted by Gasteiger charge is -2.11. The lowest BCUT2D eigenvalue weighted by atomic mass is 10.2. The van der Waals surface area contributed by atoms with E-state index in [0.29, 0.717) is 0 Å². The SMILES string of the molecule is CCNS(=O)(=O)c1ccc(C(=O)OCC(=O)N2CCOC2=O)cc1. The van der Waals surface area contributed by atoms with Crippen molar-refractivity contribution in [3.05, 3.63) is 29.8 Å². The molecular weight excluding hydrogens is 340 g/mol. The zero-order valence-electron chi connectivity index (χ0n) is 12.9. The van der Waals surface area contributed by atoms with Crippen molar-refractivity contribution < 1.29 is 32.3 Å². The molecule has 2 rings (SSSR count). The van der Waals surface area contributed by atoms with Crippen LogP contribution in [0.3, 0.4) is 0 Å². The standard InChI is InChI=1S/C14H16N2O7S/c1-2-15-24(20,21)11-5-3-10(4-6-11)13(18)23-9-12(17)16-7-8-22-14(16)19/h3-6,15H,2,7-9H2,1H3. The number of ether oxygens (including phenoxy) is 2. The van der Waals surface area contributed by atoms with E-state index in [1.807, 2.05) is 0 Å². The summed E-state index contributed by atoms with van der Waals surface area (Å²) >= 11 is 0. The first kappa shape index (κ1) is 17.9. The number of cyclic esters (lactones) is 1. The Bertz CT molecular complexity index is 743. The quantitative estimate of drug-likeness (QED) is 0.719. The van der Waals surface area contributed by atoms with E-state index in [9.17, 15) is 22.8 Å². The average molecular weight is 356 g/mol. The Morgan fingerprint density at radius 2 is 1.96 bits per heavy atom. The molecule has 10 heteroatoms. The van der Waals surface area contributed by atoms with E-state index >= 15 is 0 Å². The number of nitrogens with one attached hydrogen (secondary N) is 1. The van der Waals surface area contributed by atoms with Crippen LogP contribution in [-0.2, 0) is 24.3 Å². The van der Waals surface area contributed by atoms with Gasteiger partial charge in [0, 0.05) is 6.54 Å². The summed E-state index contributed by atoms with van der Waals surface area (Å²) < 4.78 is 35.3. The van der Waals surface area contributed by atoms with Crippen LogP contribution < -0.4 is 4.72 Å². The zero-order chi connectivity index (χ0) is 17.7. The number of nitrogens with zero attached hydrogens (tertiary/aromatic N) is 1. The van der Waals surface area contributed by atoms with Gasteiger partial charge in [0.1, 0.15) is 6.61 Å². The van der Waals surface area contributed by atoms with E-state index in [0.717, 1.165) is 4.90 Å². The summed E-state index contributed by atoms with van der Waals surface area (Å²) in [6.07, 6.45) is -0.769. The zero-order valence-corrected chi connectivity index (χ0v) is 13.7. The van der Waals surface area contributed by atoms with E-state index in [2.05, 4.69) is 9.46 Å². The van der Waals surface area contributed by atoms with Crippen molar-refractivity contribution >= 4 is 28.0 Å². The van der Waals surface area contributed by atoms with Crippen LogP contribution in [0, 0.1) is 0 Å². The van der Waals surface area contributed by atoms with Crippen molar-refractivity contribution in [1.82, 2.24) is 9.62 Å². The van der Waals surface area contributed by atoms with Crippen molar-refractivity contribution in [2.45, 2.75) is 11.8 Å². The van der Waals surface area contributed by atoms with Crippen LogP contribution in [0.4, 0.5) is 4.79 Å². The van der Waals surface area contributed by atoms with E-state index in [1.54, 1.807) is 6.92 Å². The van der Waals surface area contributed by atoms with Crippen LogP contribution in [0.5, 0.6) is 0 Å². The van der Waals surface area contributed by atoms with Crippen LogP contribution in [0.1, 0.15) is 17.3 Å². The van der Waals surface area contributed by atoms with Gasteiger partial charge in [-0.15, -0.1) is 0 Å². The first-order valence-electron chi connectivity index (χ1n) is 7.09. The molecule has 0 aliphatic carbocycles. The molecule has 1 aromatic rings. The highest BCUT2D eigenvalue weighted by molar-refractivity contribution is 7.89. The average Bonchev–Trinajstić information content (AvgIpc) is 2.98. The topological polar surface area (TPSA) is 119 Å². The Hall–Kier alpha value is -2.46. The number of esters is 1. The molecule has 1 aromatic carbocycles. The highest BCUT2D eigenvalue weighted by Gasteiger charge is 2.29. The summed E-state index contributed by atoms with van der Waals surface area (Å²) in [6.45, 7) is 1.52. The van der Waals surface area contributed by atoms with Crippen LogP contribution in [0.15, 0.2) is 29.2 Å². The van der Waals surface area contributed by atoms with E-state index < -0.39 is 34.6 Å². The van der Waals surface area contributed by atoms with Crippen molar-refractivity contribution in [3.8, 4) is 0 Å². The Labute approximate surface area is 138 Å². The minimum absolute atomic E-state index is 0.0109. The fraction of sp³-hybridized carbons (Fsp3) is 0.357. The number of amides is 2. The molecule has 1 fully saturated rings. The molecule has 1 aliphatic heterocycles. The normalized spacial score (nSPS) is 14.4. The fourth-order valence-corrected chi connectivity index (χ4v) is 2.99. The number of carbonyl (C=O) groups is 3. The van der Waals surface area contributed by atoms with Gasteiger partial charge in [-0.25, -0.2) is 27.6 Å². The van der Waals surface area contributed by atoms with E-state index in [-0.39, 0.29) is 30.2 Å². The number of rotatable bonds is 6. The number of hydrogen-bond donors (Lipinski definition) is 1. The van der Waals surface area contributed by atoms with Crippen molar-refractivity contribution in [2.75, 3.05) is 26.3 Å². The number of benzene rings is 1. The third kappa shape index (κ3) is 4.09. The molecule has 0 bridgehead atoms. The Balaban J connectivity index is 1.95. The Morgan fingerprint density at radius 1 is 1.29 bits per heavy atom. The molecule has 0 aromatic heterocycles. The molecule has 0 saturated carbocycles. The minimum Gasteiger partial charge on any atom is -0.452 e. The Kier molecular flexibility index (Phi) is 5.52. The molecule has 0 unspecified atom stereocenters. The summed E-state index contributed by atoms with van der Waals surface area (Å²) in [4.78, 5) is 35.6. The number of hydrogen-bond acceptors (Lipinski definition) is 7. The number of sulfonamides is 1. The van der Waals surface area contributed by atoms with Gasteiger partial charge in [0.2, 0.25) is 10.0 Å². The molecule has 130 valence electrons. The second kappa shape index (κ2) is 7.41. The second-order valence-corrected chi connectivity index (χ2v) is 6.53. The minimum atomic E-state index is -3.61. The van der Waals surface area contributed by atoms with Crippen molar-refractivity contribution in [2.24, 2.45) is 0 Å². The van der Waals surface area contributed by atoms with Gasteiger partial charge in [0.05, 0.1) is 17.0 Å². The molecule has 9 nitrogen and oxygen atoms in total. The van der Waals surface area contributed by atoms with Gasteiger partial charge in [-0.2, -0.15) is 0 Å². The second-order valence-electron chi connectivity index (χ2n) is 4.76. The maximum Gasteiger partial charge on any atom is 0.416 e. The molecule has 1 saturated heterocycles. The van der Waals surface area contributed by atoms with Crippen molar-refractivity contribution in [1.29, 1.82) is 0 Å². The van der Waals surface area contributed by atoms with Crippen LogP contribution in [-0.4, -0.2) is 57.6 Å². The van der Waals surface area contributed by atoms with Gasteiger partial charge < -0.3 is 9.47 Å². The molecule has 1 aliphatic rings. The molecule has 1 heterocycles. The first-order valence-corrected chi connectivity index (χ1v) is 8.57. The van der Waals surface area contributed by atoms with Crippen molar-refractivity contribution in [3.63, 3.8) is 0 Å². The lowest BCUT2D eigenvalue weighted by molar-refractivity contribution is -0.131. The summed E-state index contributed by atoms with van der Waals surface area (Å²) in [5, 5.41) is 0. The summed E-state index contributed by atoms with van der Waals surface area (Å²) in [5.41, 5.74) is 0.0854. The highest BCUT2D eigenvalue weighted by Crippen LogP contribution is 2.11. The maximum absolute atomic E-state index is 11.9. The number of imide groups is 1. The predicted molar refractivity (Wildman–Crippen MR) is 80.6 cm³/mol. The summed E-state index contributed by atoms with van der Waals surface area (Å²) in [7, 11) is -3.61. The predicted octanol–water partition coefficient (Wildman–Crippen LogP) is 0.120. The molecule has 0 radical (unpaired) electrons. The smallest absolute Gasteiger partial charge is 0.416 e. The summed E-state index contributed by atoms with van der Waals surface area (Å²) in [6, 6.07) is 5.07. The van der Waals surface area contributed by atoms with Gasteiger partial charge in [-0.3, -0.25) is 4.79 Å². The van der Waals surface area contributed by atoms with Gasteiger partial charge in [-0.05, 0) is 24.3 Å². The third-order valence-electron chi connectivity index (χ3n) is 3.12. The molecule has 0 spiro atoms. The monoisotopic (exact) mass is 356 g/mol. The Morgan fingerprint density at radius 3 is 2.50 bits per heavy atom. The number of carbonyl (C=O) groups excluding carboxylic acids is 3. The van der Waals surface area contributed by atoms with Crippen LogP contribution in [0.25, 0.3) is 0 Å². The molecular formula is C14H16N2O7S. The van der Waals surface area contributed by atoms with Crippen LogP contribution in [0.2, 0.25) is 0 Å². The summed E-state index contributed by atoms with van der Waals surface area (Å²) in [5.74, 6) is -1.49. The molecule has 2 amide bonds. The lowest BCUT2D eigenvalue weighted by Crippen LogP contribution is -2.35. The third-order valence-corrected chi connectivity index (χ3v) is 4.68. The first-order chi connectivity index (χ1) is 11.3.